The van der Waals surface area contributed by atoms with E-state index in [9.17, 15) is 4.39 Å². The number of halogens is 1. The SMILES string of the molecule is Nc1nc2c(F)cccc2n1CCC1CCOC1. The van der Waals surface area contributed by atoms with Crippen molar-refractivity contribution in [1.82, 2.24) is 9.55 Å². The Balaban J connectivity index is 1.86. The fourth-order valence-electron chi connectivity index (χ4n) is 2.49. The first kappa shape index (κ1) is 11.5. The Bertz CT molecular complexity index is 561. The van der Waals surface area contributed by atoms with Crippen molar-refractivity contribution in [3.63, 3.8) is 0 Å². The molecule has 0 radical (unpaired) electrons. The van der Waals surface area contributed by atoms with Gasteiger partial charge in [-0.1, -0.05) is 6.07 Å². The summed E-state index contributed by atoms with van der Waals surface area (Å²) in [4.78, 5) is 4.09. The minimum Gasteiger partial charge on any atom is -0.381 e. The average Bonchev–Trinajstić information content (AvgIpc) is 2.95. The molecule has 1 atom stereocenters. The molecule has 2 heterocycles. The quantitative estimate of drug-likeness (QED) is 0.907. The Morgan fingerprint density at radius 3 is 3.17 bits per heavy atom. The molecule has 1 aromatic carbocycles. The molecule has 1 aliphatic heterocycles. The van der Waals surface area contributed by atoms with Crippen molar-refractivity contribution in [2.75, 3.05) is 18.9 Å². The van der Waals surface area contributed by atoms with Gasteiger partial charge in [0.05, 0.1) is 5.52 Å². The fraction of sp³-hybridized carbons (Fsp3) is 0.462. The summed E-state index contributed by atoms with van der Waals surface area (Å²) in [5.74, 6) is 0.645. The third kappa shape index (κ3) is 1.95. The lowest BCUT2D eigenvalue weighted by atomic mass is 10.1. The van der Waals surface area contributed by atoms with E-state index in [0.29, 0.717) is 17.4 Å². The summed E-state index contributed by atoms with van der Waals surface area (Å²) in [5.41, 5.74) is 6.99. The molecule has 0 aliphatic carbocycles. The van der Waals surface area contributed by atoms with E-state index in [2.05, 4.69) is 4.98 Å². The van der Waals surface area contributed by atoms with E-state index in [0.717, 1.165) is 38.1 Å². The zero-order valence-electron chi connectivity index (χ0n) is 10.1. The van der Waals surface area contributed by atoms with Crippen LogP contribution >= 0.6 is 0 Å². The first-order chi connectivity index (χ1) is 8.75. The second kappa shape index (κ2) is 4.57. The number of fused-ring (bicyclic) bond motifs is 1. The van der Waals surface area contributed by atoms with Gasteiger partial charge in [-0.05, 0) is 30.9 Å². The lowest BCUT2D eigenvalue weighted by Crippen LogP contribution is -2.08. The molecule has 2 aromatic rings. The molecule has 5 heteroatoms. The van der Waals surface area contributed by atoms with Crippen molar-refractivity contribution in [2.45, 2.75) is 19.4 Å². The zero-order chi connectivity index (χ0) is 12.5. The van der Waals surface area contributed by atoms with E-state index in [1.807, 2.05) is 10.6 Å². The second-order valence-electron chi connectivity index (χ2n) is 4.75. The van der Waals surface area contributed by atoms with Crippen LogP contribution in [-0.4, -0.2) is 22.8 Å². The minimum absolute atomic E-state index is 0.317. The van der Waals surface area contributed by atoms with Crippen LogP contribution in [-0.2, 0) is 11.3 Å². The highest BCUT2D eigenvalue weighted by Gasteiger charge is 2.17. The standard InChI is InChI=1S/C13H16FN3O/c14-10-2-1-3-11-12(10)16-13(15)17(11)6-4-9-5-7-18-8-9/h1-3,9H,4-8H2,(H2,15,16). The summed E-state index contributed by atoms with van der Waals surface area (Å²) < 4.78 is 20.8. The summed E-state index contributed by atoms with van der Waals surface area (Å²) in [6.45, 7) is 2.43. The van der Waals surface area contributed by atoms with Gasteiger partial charge in [-0.3, -0.25) is 0 Å². The van der Waals surface area contributed by atoms with Gasteiger partial charge < -0.3 is 15.0 Å². The maximum atomic E-state index is 13.6. The van der Waals surface area contributed by atoms with Crippen LogP contribution < -0.4 is 5.73 Å². The maximum Gasteiger partial charge on any atom is 0.201 e. The van der Waals surface area contributed by atoms with E-state index in [4.69, 9.17) is 10.5 Å². The fourth-order valence-corrected chi connectivity index (χ4v) is 2.49. The number of para-hydroxylation sites is 1. The molecule has 1 unspecified atom stereocenters. The van der Waals surface area contributed by atoms with E-state index >= 15 is 0 Å². The van der Waals surface area contributed by atoms with Gasteiger partial charge in [-0.15, -0.1) is 0 Å². The van der Waals surface area contributed by atoms with Gasteiger partial charge in [0, 0.05) is 19.8 Å². The maximum absolute atomic E-state index is 13.6. The summed E-state index contributed by atoms with van der Waals surface area (Å²) in [6.07, 6.45) is 2.09. The number of benzene rings is 1. The minimum atomic E-state index is -0.317. The molecule has 1 fully saturated rings. The number of rotatable bonds is 3. The van der Waals surface area contributed by atoms with Gasteiger partial charge in [0.1, 0.15) is 5.52 Å². The van der Waals surface area contributed by atoms with Crippen LogP contribution in [0.4, 0.5) is 10.3 Å². The monoisotopic (exact) mass is 249 g/mol. The molecule has 0 spiro atoms. The van der Waals surface area contributed by atoms with Crippen LogP contribution in [0.5, 0.6) is 0 Å². The van der Waals surface area contributed by atoms with Crippen LogP contribution in [0, 0.1) is 11.7 Å². The number of hydrogen-bond donors (Lipinski definition) is 1. The lowest BCUT2D eigenvalue weighted by Gasteiger charge is -2.10. The Labute approximate surface area is 105 Å². The number of anilines is 1. The largest absolute Gasteiger partial charge is 0.381 e. The highest BCUT2D eigenvalue weighted by molar-refractivity contribution is 5.78. The highest BCUT2D eigenvalue weighted by atomic mass is 19.1. The number of nitrogens with two attached hydrogens (primary N) is 1. The van der Waals surface area contributed by atoms with Gasteiger partial charge in [-0.25, -0.2) is 9.37 Å². The number of nitrogen functional groups attached to an aromatic ring is 1. The summed E-state index contributed by atoms with van der Waals surface area (Å²) >= 11 is 0. The average molecular weight is 249 g/mol. The van der Waals surface area contributed by atoms with Crippen molar-refractivity contribution in [3.8, 4) is 0 Å². The Morgan fingerprint density at radius 1 is 1.50 bits per heavy atom. The highest BCUT2D eigenvalue weighted by Crippen LogP contribution is 2.23. The van der Waals surface area contributed by atoms with Crippen LogP contribution in [0.15, 0.2) is 18.2 Å². The van der Waals surface area contributed by atoms with E-state index in [1.165, 1.54) is 6.07 Å². The van der Waals surface area contributed by atoms with Crippen LogP contribution in [0.25, 0.3) is 11.0 Å². The molecule has 0 saturated carbocycles. The lowest BCUT2D eigenvalue weighted by molar-refractivity contribution is 0.183. The first-order valence-electron chi connectivity index (χ1n) is 6.23. The summed E-state index contributed by atoms with van der Waals surface area (Å²) in [6, 6.07) is 4.95. The predicted octanol–water partition coefficient (Wildman–Crippen LogP) is 2.18. The molecule has 3 rings (SSSR count). The Morgan fingerprint density at radius 2 is 2.39 bits per heavy atom. The normalized spacial score (nSPS) is 19.7. The number of ether oxygens (including phenoxy) is 1. The molecule has 0 bridgehead atoms. The van der Waals surface area contributed by atoms with Crippen molar-refractivity contribution < 1.29 is 9.13 Å². The summed E-state index contributed by atoms with van der Waals surface area (Å²) in [7, 11) is 0. The van der Waals surface area contributed by atoms with Crippen LogP contribution in [0.2, 0.25) is 0 Å². The zero-order valence-corrected chi connectivity index (χ0v) is 10.1. The van der Waals surface area contributed by atoms with Gasteiger partial charge in [0.25, 0.3) is 0 Å². The van der Waals surface area contributed by atoms with Crippen molar-refractivity contribution >= 4 is 17.0 Å². The Hall–Kier alpha value is -1.62. The predicted molar refractivity (Wildman–Crippen MR) is 67.6 cm³/mol. The van der Waals surface area contributed by atoms with Crippen molar-refractivity contribution in [2.24, 2.45) is 5.92 Å². The van der Waals surface area contributed by atoms with Gasteiger partial charge in [-0.2, -0.15) is 0 Å². The smallest absolute Gasteiger partial charge is 0.201 e. The first-order valence-corrected chi connectivity index (χ1v) is 6.23. The third-order valence-corrected chi connectivity index (χ3v) is 3.54. The van der Waals surface area contributed by atoms with Gasteiger partial charge >= 0.3 is 0 Å². The molecule has 0 amide bonds. The number of imidazole rings is 1. The van der Waals surface area contributed by atoms with Crippen LogP contribution in [0.1, 0.15) is 12.8 Å². The van der Waals surface area contributed by atoms with Gasteiger partial charge in [0.15, 0.2) is 5.82 Å². The van der Waals surface area contributed by atoms with Gasteiger partial charge in [0.2, 0.25) is 5.95 Å². The molecule has 1 aliphatic rings. The molecule has 4 nitrogen and oxygen atoms in total. The van der Waals surface area contributed by atoms with E-state index in [-0.39, 0.29) is 5.82 Å². The molecule has 18 heavy (non-hydrogen) atoms. The molecule has 1 aromatic heterocycles. The van der Waals surface area contributed by atoms with Crippen molar-refractivity contribution in [1.29, 1.82) is 0 Å². The third-order valence-electron chi connectivity index (χ3n) is 3.54. The number of hydrogen-bond acceptors (Lipinski definition) is 3. The summed E-state index contributed by atoms with van der Waals surface area (Å²) in [5, 5.41) is 0. The van der Waals surface area contributed by atoms with Crippen LogP contribution in [0.3, 0.4) is 0 Å². The molecular formula is C13H16FN3O. The molecular weight excluding hydrogens is 233 g/mol. The second-order valence-corrected chi connectivity index (χ2v) is 4.75. The number of aryl methyl sites for hydroxylation is 1. The number of nitrogens with zero attached hydrogens (tertiary/aromatic N) is 2. The molecule has 96 valence electrons. The number of aromatic nitrogens is 2. The van der Waals surface area contributed by atoms with E-state index < -0.39 is 0 Å². The Kier molecular flexibility index (Phi) is 2.91. The van der Waals surface area contributed by atoms with Crippen molar-refractivity contribution in [3.05, 3.63) is 24.0 Å². The van der Waals surface area contributed by atoms with E-state index in [1.54, 1.807) is 6.07 Å². The molecule has 1 saturated heterocycles. The topological polar surface area (TPSA) is 53.1 Å². The molecule has 2 N–H and O–H groups in total.